The van der Waals surface area contributed by atoms with Crippen LogP contribution in [0.3, 0.4) is 0 Å². The largest absolute Gasteiger partial charge is 0.381 e. The summed E-state index contributed by atoms with van der Waals surface area (Å²) in [5.74, 6) is 1.44. The second kappa shape index (κ2) is 5.44. The Balaban J connectivity index is 2.21. The molecule has 3 unspecified atom stereocenters. The lowest BCUT2D eigenvalue weighted by Crippen LogP contribution is -2.35. The fraction of sp³-hybridized carbons (Fsp3) is 0.562. The fourth-order valence-corrected chi connectivity index (χ4v) is 2.92. The van der Waals surface area contributed by atoms with Crippen LogP contribution >= 0.6 is 0 Å². The molecule has 1 saturated carbocycles. The van der Waals surface area contributed by atoms with Gasteiger partial charge in [0.1, 0.15) is 6.07 Å². The fourth-order valence-electron chi connectivity index (χ4n) is 2.92. The summed E-state index contributed by atoms with van der Waals surface area (Å²) in [7, 11) is 0. The molecule has 0 saturated heterocycles. The van der Waals surface area contributed by atoms with Crippen LogP contribution in [-0.2, 0) is 0 Å². The second-order valence-electron chi connectivity index (χ2n) is 5.63. The summed E-state index contributed by atoms with van der Waals surface area (Å²) in [5, 5.41) is 12.8. The van der Waals surface area contributed by atoms with Crippen LogP contribution < -0.4 is 5.32 Å². The number of hydrogen-bond acceptors (Lipinski definition) is 2. The quantitative estimate of drug-likeness (QED) is 0.847. The summed E-state index contributed by atoms with van der Waals surface area (Å²) < 4.78 is 0. The molecule has 1 fully saturated rings. The lowest BCUT2D eigenvalue weighted by atomic mass is 9.78. The Morgan fingerprint density at radius 2 is 2.06 bits per heavy atom. The van der Waals surface area contributed by atoms with Crippen molar-refractivity contribution in [2.45, 2.75) is 46.1 Å². The van der Waals surface area contributed by atoms with E-state index in [1.807, 2.05) is 12.1 Å². The predicted molar refractivity (Wildman–Crippen MR) is 75.5 cm³/mol. The normalized spacial score (nSPS) is 27.6. The van der Waals surface area contributed by atoms with Crippen molar-refractivity contribution in [3.8, 4) is 6.07 Å². The molecular weight excluding hydrogens is 220 g/mol. The predicted octanol–water partition coefficient (Wildman–Crippen LogP) is 4.10. The highest BCUT2D eigenvalue weighted by Gasteiger charge is 2.27. The zero-order valence-corrected chi connectivity index (χ0v) is 11.5. The third-order valence-corrected chi connectivity index (χ3v) is 4.43. The van der Waals surface area contributed by atoms with Gasteiger partial charge < -0.3 is 5.32 Å². The van der Waals surface area contributed by atoms with Gasteiger partial charge in [-0.2, -0.15) is 5.26 Å². The number of nitrogens with one attached hydrogen (secondary N) is 1. The van der Waals surface area contributed by atoms with Crippen molar-refractivity contribution in [1.29, 1.82) is 5.26 Å². The minimum atomic E-state index is 0.502. The molecule has 2 heteroatoms. The van der Waals surface area contributed by atoms with Gasteiger partial charge in [0.05, 0.1) is 11.3 Å². The van der Waals surface area contributed by atoms with E-state index in [2.05, 4.69) is 38.2 Å². The number of rotatable bonds is 2. The minimum absolute atomic E-state index is 0.502. The van der Waals surface area contributed by atoms with Crippen LogP contribution in [0.15, 0.2) is 18.2 Å². The zero-order valence-electron chi connectivity index (χ0n) is 11.5. The van der Waals surface area contributed by atoms with Crippen LogP contribution in [0.4, 0.5) is 5.69 Å². The standard InChI is InChI=1S/C16H22N2/c1-11-6-5-9-15(13(11)3)18-16-12(2)7-4-8-14(16)10-17/h4,7-8,11,13,15,18H,5-6,9H2,1-3H3. The molecule has 0 radical (unpaired) electrons. The number of nitrogens with zero attached hydrogens (tertiary/aromatic N) is 1. The first kappa shape index (κ1) is 13.0. The third kappa shape index (κ3) is 2.51. The summed E-state index contributed by atoms with van der Waals surface area (Å²) in [6.45, 7) is 6.73. The molecule has 0 spiro atoms. The van der Waals surface area contributed by atoms with Gasteiger partial charge in [-0.05, 0) is 36.8 Å². The van der Waals surface area contributed by atoms with Gasteiger partial charge in [0.25, 0.3) is 0 Å². The van der Waals surface area contributed by atoms with Crippen molar-refractivity contribution in [2.24, 2.45) is 11.8 Å². The van der Waals surface area contributed by atoms with Crippen molar-refractivity contribution in [3.05, 3.63) is 29.3 Å². The topological polar surface area (TPSA) is 35.8 Å². The summed E-state index contributed by atoms with van der Waals surface area (Å²) in [4.78, 5) is 0. The highest BCUT2D eigenvalue weighted by atomic mass is 14.9. The molecule has 1 aliphatic rings. The Hall–Kier alpha value is -1.49. The van der Waals surface area contributed by atoms with Gasteiger partial charge in [-0.1, -0.05) is 38.8 Å². The number of hydrogen-bond donors (Lipinski definition) is 1. The number of benzene rings is 1. The molecule has 1 N–H and O–H groups in total. The van der Waals surface area contributed by atoms with E-state index in [9.17, 15) is 5.26 Å². The Morgan fingerprint density at radius 1 is 1.28 bits per heavy atom. The molecule has 3 atom stereocenters. The smallest absolute Gasteiger partial charge is 0.101 e. The number of nitriles is 1. The number of aryl methyl sites for hydroxylation is 1. The van der Waals surface area contributed by atoms with Crippen LogP contribution in [0.25, 0.3) is 0 Å². The molecule has 1 aromatic carbocycles. The van der Waals surface area contributed by atoms with Gasteiger partial charge in [0.15, 0.2) is 0 Å². The lowest BCUT2D eigenvalue weighted by Gasteiger charge is -2.35. The van der Waals surface area contributed by atoms with Crippen molar-refractivity contribution >= 4 is 5.69 Å². The van der Waals surface area contributed by atoms with E-state index >= 15 is 0 Å². The van der Waals surface area contributed by atoms with E-state index in [-0.39, 0.29) is 0 Å². The minimum Gasteiger partial charge on any atom is -0.381 e. The Bertz CT molecular complexity index is 459. The molecule has 0 bridgehead atoms. The average molecular weight is 242 g/mol. The SMILES string of the molecule is Cc1cccc(C#N)c1NC1CCCC(C)C1C. The van der Waals surface area contributed by atoms with Crippen LogP contribution in [-0.4, -0.2) is 6.04 Å². The first-order valence-electron chi connectivity index (χ1n) is 6.89. The van der Waals surface area contributed by atoms with Crippen molar-refractivity contribution in [2.75, 3.05) is 5.32 Å². The van der Waals surface area contributed by atoms with Crippen molar-refractivity contribution < 1.29 is 0 Å². The highest BCUT2D eigenvalue weighted by Crippen LogP contribution is 2.33. The summed E-state index contributed by atoms with van der Waals surface area (Å²) in [6, 6.07) is 8.71. The van der Waals surface area contributed by atoms with Gasteiger partial charge in [0.2, 0.25) is 0 Å². The maximum absolute atomic E-state index is 9.20. The van der Waals surface area contributed by atoms with Crippen LogP contribution in [0.5, 0.6) is 0 Å². The van der Waals surface area contributed by atoms with Crippen molar-refractivity contribution in [3.63, 3.8) is 0 Å². The second-order valence-corrected chi connectivity index (χ2v) is 5.63. The molecule has 0 heterocycles. The number of anilines is 1. The Morgan fingerprint density at radius 3 is 2.78 bits per heavy atom. The molecule has 96 valence electrons. The first-order valence-corrected chi connectivity index (χ1v) is 6.89. The number of para-hydroxylation sites is 1. The molecule has 0 amide bonds. The van der Waals surface area contributed by atoms with E-state index in [4.69, 9.17) is 0 Å². The first-order chi connectivity index (χ1) is 8.63. The molecule has 2 rings (SSSR count). The van der Waals surface area contributed by atoms with E-state index < -0.39 is 0 Å². The average Bonchev–Trinajstić information content (AvgIpc) is 2.37. The molecule has 1 aliphatic carbocycles. The van der Waals surface area contributed by atoms with Crippen molar-refractivity contribution in [1.82, 2.24) is 0 Å². The van der Waals surface area contributed by atoms with Crippen LogP contribution in [0.1, 0.15) is 44.2 Å². The summed E-state index contributed by atoms with van der Waals surface area (Å²) in [6.07, 6.45) is 3.83. The van der Waals surface area contributed by atoms with Gasteiger partial charge in [-0.3, -0.25) is 0 Å². The van der Waals surface area contributed by atoms with Crippen LogP contribution in [0, 0.1) is 30.1 Å². The Labute approximate surface area is 110 Å². The van der Waals surface area contributed by atoms with Gasteiger partial charge in [-0.15, -0.1) is 0 Å². The molecular formula is C16H22N2. The van der Waals surface area contributed by atoms with E-state index in [0.717, 1.165) is 17.2 Å². The van der Waals surface area contributed by atoms with Gasteiger partial charge in [0, 0.05) is 6.04 Å². The van der Waals surface area contributed by atoms with Gasteiger partial charge in [-0.25, -0.2) is 0 Å². The van der Waals surface area contributed by atoms with E-state index in [1.54, 1.807) is 0 Å². The zero-order chi connectivity index (χ0) is 13.1. The lowest BCUT2D eigenvalue weighted by molar-refractivity contribution is 0.253. The van der Waals surface area contributed by atoms with Gasteiger partial charge >= 0.3 is 0 Å². The molecule has 2 nitrogen and oxygen atoms in total. The molecule has 1 aromatic rings. The summed E-state index contributed by atoms with van der Waals surface area (Å²) >= 11 is 0. The van der Waals surface area contributed by atoms with E-state index in [0.29, 0.717) is 12.0 Å². The maximum Gasteiger partial charge on any atom is 0.101 e. The molecule has 0 aliphatic heterocycles. The summed E-state index contributed by atoms with van der Waals surface area (Å²) in [5.41, 5.74) is 2.96. The molecule has 0 aromatic heterocycles. The van der Waals surface area contributed by atoms with E-state index in [1.165, 1.54) is 24.8 Å². The monoisotopic (exact) mass is 242 g/mol. The maximum atomic E-state index is 9.20. The Kier molecular flexibility index (Phi) is 3.91. The van der Waals surface area contributed by atoms with Crippen LogP contribution in [0.2, 0.25) is 0 Å². The molecule has 18 heavy (non-hydrogen) atoms. The highest BCUT2D eigenvalue weighted by molar-refractivity contribution is 5.62. The third-order valence-electron chi connectivity index (χ3n) is 4.43.